The van der Waals surface area contributed by atoms with E-state index in [0.717, 1.165) is 29.6 Å². The van der Waals surface area contributed by atoms with Crippen molar-refractivity contribution in [1.82, 2.24) is 30.2 Å². The first-order valence-electron chi connectivity index (χ1n) is 11.9. The van der Waals surface area contributed by atoms with Crippen molar-refractivity contribution in [3.63, 3.8) is 0 Å². The number of carbonyl (C=O) groups is 1. The van der Waals surface area contributed by atoms with Gasteiger partial charge in [0, 0.05) is 17.7 Å². The molecule has 0 saturated carbocycles. The molecule has 4 aromatic rings. The zero-order valence-electron chi connectivity index (χ0n) is 19.1. The minimum atomic E-state index is -0.0820. The number of anilines is 1. The number of hydrogen-bond acceptors (Lipinski definition) is 6. The molecule has 8 nitrogen and oxygen atoms in total. The Bertz CT molecular complexity index is 1260. The molecule has 1 saturated heterocycles. The maximum absolute atomic E-state index is 12.7. The highest BCUT2D eigenvalue weighted by Crippen LogP contribution is 2.26. The van der Waals surface area contributed by atoms with Crippen LogP contribution in [0.25, 0.3) is 33.8 Å². The molecule has 1 fully saturated rings. The zero-order chi connectivity index (χ0) is 23.3. The van der Waals surface area contributed by atoms with E-state index >= 15 is 0 Å². The number of likely N-dealkylation sites (tertiary alicyclic amines) is 1. The van der Waals surface area contributed by atoms with Gasteiger partial charge in [-0.25, -0.2) is 15.0 Å². The van der Waals surface area contributed by atoms with Crippen molar-refractivity contribution >= 4 is 22.8 Å². The summed E-state index contributed by atoms with van der Waals surface area (Å²) in [4.78, 5) is 32.1. The summed E-state index contributed by atoms with van der Waals surface area (Å²) in [6, 6.07) is 15.2. The lowest BCUT2D eigenvalue weighted by Crippen LogP contribution is -2.33. The number of nitrogen functional groups attached to an aromatic ring is 1. The Balaban J connectivity index is 1.29. The number of H-pyrrole nitrogens is 1. The molecule has 0 aliphatic carbocycles. The summed E-state index contributed by atoms with van der Waals surface area (Å²) >= 11 is 0. The van der Waals surface area contributed by atoms with E-state index < -0.39 is 0 Å². The van der Waals surface area contributed by atoms with Crippen molar-refractivity contribution in [1.29, 1.82) is 0 Å². The molecule has 5 rings (SSSR count). The van der Waals surface area contributed by atoms with Crippen LogP contribution in [0.4, 0.5) is 5.82 Å². The summed E-state index contributed by atoms with van der Waals surface area (Å²) in [6.07, 6.45) is 6.48. The van der Waals surface area contributed by atoms with Crippen LogP contribution in [0.2, 0.25) is 0 Å². The fraction of sp³-hybridized carbons (Fsp3) is 0.308. The van der Waals surface area contributed by atoms with Gasteiger partial charge in [-0.2, -0.15) is 0 Å². The predicted molar refractivity (Wildman–Crippen MR) is 134 cm³/mol. The molecule has 0 bridgehead atoms. The number of amides is 1. The summed E-state index contributed by atoms with van der Waals surface area (Å²) < 4.78 is 0. The minimum absolute atomic E-state index is 0.0820. The van der Waals surface area contributed by atoms with E-state index in [0.29, 0.717) is 35.1 Å². The van der Waals surface area contributed by atoms with Crippen molar-refractivity contribution in [3.05, 3.63) is 60.3 Å². The van der Waals surface area contributed by atoms with Gasteiger partial charge in [-0.05, 0) is 63.2 Å². The van der Waals surface area contributed by atoms with Crippen LogP contribution in [0.1, 0.15) is 36.0 Å². The van der Waals surface area contributed by atoms with Crippen molar-refractivity contribution in [2.45, 2.75) is 25.7 Å². The van der Waals surface area contributed by atoms with Gasteiger partial charge in [-0.15, -0.1) is 0 Å². The number of nitrogens with one attached hydrogen (secondary N) is 2. The number of nitrogens with two attached hydrogens (primary N) is 1. The smallest absolute Gasteiger partial charge is 0.251 e. The first kappa shape index (κ1) is 22.0. The van der Waals surface area contributed by atoms with E-state index in [2.05, 4.69) is 25.2 Å². The standard InChI is InChI=1S/C26H29N7O/c27-24-23(25-31-20-10-2-3-11-21(20)32-25)30-22(17-29-24)18-8-6-9-19(16-18)26(34)28-12-7-15-33-13-4-1-5-14-33/h2-3,6,8-11,16-17H,1,4-5,7,12-15H2,(H2,27,29)(H,28,34)(H,31,32). The number of benzene rings is 2. The molecule has 1 aliphatic rings. The van der Waals surface area contributed by atoms with E-state index in [1.807, 2.05) is 48.5 Å². The topological polar surface area (TPSA) is 113 Å². The Morgan fingerprint density at radius 1 is 1.06 bits per heavy atom. The lowest BCUT2D eigenvalue weighted by atomic mass is 10.1. The second-order valence-electron chi connectivity index (χ2n) is 8.68. The molecular weight excluding hydrogens is 426 g/mol. The second kappa shape index (κ2) is 10.0. The summed E-state index contributed by atoms with van der Waals surface area (Å²) in [5.74, 6) is 0.780. The number of fused-ring (bicyclic) bond motifs is 1. The molecule has 0 spiro atoms. The number of aromatic nitrogens is 4. The number of nitrogens with zero attached hydrogens (tertiary/aromatic N) is 4. The van der Waals surface area contributed by atoms with Crippen molar-refractivity contribution in [2.24, 2.45) is 0 Å². The third-order valence-electron chi connectivity index (χ3n) is 6.22. The van der Waals surface area contributed by atoms with Crippen LogP contribution in [0.5, 0.6) is 0 Å². The molecule has 4 N–H and O–H groups in total. The van der Waals surface area contributed by atoms with Crippen LogP contribution >= 0.6 is 0 Å². The van der Waals surface area contributed by atoms with Crippen LogP contribution < -0.4 is 11.1 Å². The molecule has 0 unspecified atom stereocenters. The number of rotatable bonds is 7. The Morgan fingerprint density at radius 2 is 1.91 bits per heavy atom. The van der Waals surface area contributed by atoms with E-state index in [1.165, 1.54) is 32.4 Å². The zero-order valence-corrected chi connectivity index (χ0v) is 19.1. The van der Waals surface area contributed by atoms with Crippen molar-refractivity contribution in [2.75, 3.05) is 31.9 Å². The minimum Gasteiger partial charge on any atom is -0.382 e. The molecular formula is C26H29N7O. The fourth-order valence-corrected chi connectivity index (χ4v) is 4.39. The first-order chi connectivity index (χ1) is 16.7. The van der Waals surface area contributed by atoms with Gasteiger partial charge in [0.05, 0.1) is 22.9 Å². The molecule has 1 amide bonds. The van der Waals surface area contributed by atoms with Gasteiger partial charge >= 0.3 is 0 Å². The SMILES string of the molecule is Nc1ncc(-c2cccc(C(=O)NCCCN3CCCCC3)c2)nc1-c1nc2ccccc2[nH]1. The molecule has 0 atom stereocenters. The van der Waals surface area contributed by atoms with Gasteiger partial charge in [-0.1, -0.05) is 30.7 Å². The Hall–Kier alpha value is -3.78. The Kier molecular flexibility index (Phi) is 6.49. The summed E-state index contributed by atoms with van der Waals surface area (Å²) in [7, 11) is 0. The highest BCUT2D eigenvalue weighted by atomic mass is 16.1. The second-order valence-corrected chi connectivity index (χ2v) is 8.68. The van der Waals surface area contributed by atoms with E-state index in [1.54, 1.807) is 6.20 Å². The quantitative estimate of drug-likeness (QED) is 0.365. The van der Waals surface area contributed by atoms with Gasteiger partial charge in [0.25, 0.3) is 5.91 Å². The van der Waals surface area contributed by atoms with E-state index in [-0.39, 0.29) is 5.91 Å². The van der Waals surface area contributed by atoms with Crippen LogP contribution in [-0.4, -0.2) is 56.9 Å². The third-order valence-corrected chi connectivity index (χ3v) is 6.22. The Labute approximate surface area is 198 Å². The van der Waals surface area contributed by atoms with Gasteiger partial charge in [-0.3, -0.25) is 4.79 Å². The molecule has 2 aromatic carbocycles. The number of hydrogen-bond donors (Lipinski definition) is 3. The molecule has 3 heterocycles. The molecule has 1 aliphatic heterocycles. The normalized spacial score (nSPS) is 14.4. The molecule has 34 heavy (non-hydrogen) atoms. The summed E-state index contributed by atoms with van der Waals surface area (Å²) in [6.45, 7) is 4.05. The number of imidazole rings is 1. The average molecular weight is 456 g/mol. The van der Waals surface area contributed by atoms with Crippen LogP contribution in [-0.2, 0) is 0 Å². The molecule has 2 aromatic heterocycles. The van der Waals surface area contributed by atoms with Crippen LogP contribution in [0.15, 0.2) is 54.7 Å². The maximum Gasteiger partial charge on any atom is 0.251 e. The number of piperidine rings is 1. The number of carbonyl (C=O) groups excluding carboxylic acids is 1. The lowest BCUT2D eigenvalue weighted by Gasteiger charge is -2.26. The largest absolute Gasteiger partial charge is 0.382 e. The summed E-state index contributed by atoms with van der Waals surface area (Å²) in [5, 5.41) is 3.04. The van der Waals surface area contributed by atoms with E-state index in [4.69, 9.17) is 10.7 Å². The molecule has 0 radical (unpaired) electrons. The molecule has 8 heteroatoms. The first-order valence-corrected chi connectivity index (χ1v) is 11.9. The van der Waals surface area contributed by atoms with Crippen LogP contribution in [0.3, 0.4) is 0 Å². The van der Waals surface area contributed by atoms with Gasteiger partial charge in [0.2, 0.25) is 0 Å². The molecule has 174 valence electrons. The fourth-order valence-electron chi connectivity index (χ4n) is 4.39. The maximum atomic E-state index is 12.7. The van der Waals surface area contributed by atoms with Crippen molar-refractivity contribution in [3.8, 4) is 22.8 Å². The monoisotopic (exact) mass is 455 g/mol. The highest BCUT2D eigenvalue weighted by Gasteiger charge is 2.15. The van der Waals surface area contributed by atoms with Gasteiger partial charge in [0.1, 0.15) is 5.69 Å². The highest BCUT2D eigenvalue weighted by molar-refractivity contribution is 5.95. The van der Waals surface area contributed by atoms with Crippen molar-refractivity contribution < 1.29 is 4.79 Å². The van der Waals surface area contributed by atoms with Gasteiger partial charge in [0.15, 0.2) is 11.6 Å². The Morgan fingerprint density at radius 3 is 2.76 bits per heavy atom. The third kappa shape index (κ3) is 4.92. The van der Waals surface area contributed by atoms with Crippen LogP contribution in [0, 0.1) is 0 Å². The van der Waals surface area contributed by atoms with E-state index in [9.17, 15) is 4.79 Å². The summed E-state index contributed by atoms with van der Waals surface area (Å²) in [5.41, 5.74) is 10.4. The lowest BCUT2D eigenvalue weighted by molar-refractivity contribution is 0.0951. The average Bonchev–Trinajstić information content (AvgIpc) is 3.31. The van der Waals surface area contributed by atoms with Gasteiger partial charge < -0.3 is 20.9 Å². The predicted octanol–water partition coefficient (Wildman–Crippen LogP) is 3.87. The number of para-hydroxylation sites is 2. The number of aromatic amines is 1.